The lowest BCUT2D eigenvalue weighted by Crippen LogP contribution is -2.47. The van der Waals surface area contributed by atoms with Crippen LogP contribution < -0.4 is 0 Å². The van der Waals surface area contributed by atoms with E-state index < -0.39 is 18.1 Å². The highest BCUT2D eigenvalue weighted by Gasteiger charge is 2.42. The van der Waals surface area contributed by atoms with E-state index in [1.807, 2.05) is 0 Å². The molecule has 2 aromatic rings. The van der Waals surface area contributed by atoms with Crippen LogP contribution in [0.25, 0.3) is 0 Å². The molecule has 0 saturated heterocycles. The highest BCUT2D eigenvalue weighted by atomic mass is 19.4. The first-order valence-electron chi connectivity index (χ1n) is 7.35. The lowest BCUT2D eigenvalue weighted by atomic mass is 10.2. The van der Waals surface area contributed by atoms with Crippen LogP contribution in [0.15, 0.2) is 10.6 Å². The molecule has 0 radical (unpaired) electrons. The summed E-state index contributed by atoms with van der Waals surface area (Å²) in [5.41, 5.74) is 0.946. The molecule has 1 atom stereocenters. The smallest absolute Gasteiger partial charge is 0.359 e. The first-order chi connectivity index (χ1) is 11.1. The molecular weight excluding hydrogens is 327 g/mol. The van der Waals surface area contributed by atoms with Crippen LogP contribution in [-0.4, -0.2) is 49.7 Å². The van der Waals surface area contributed by atoms with E-state index in [-0.39, 0.29) is 18.8 Å². The summed E-state index contributed by atoms with van der Waals surface area (Å²) >= 11 is 0. The van der Waals surface area contributed by atoms with E-state index in [4.69, 9.17) is 4.52 Å². The van der Waals surface area contributed by atoms with Crippen molar-refractivity contribution in [2.75, 3.05) is 6.54 Å². The van der Waals surface area contributed by atoms with E-state index in [0.717, 1.165) is 11.8 Å². The molecule has 10 heteroatoms. The van der Waals surface area contributed by atoms with E-state index in [9.17, 15) is 18.0 Å². The summed E-state index contributed by atoms with van der Waals surface area (Å²) in [6.07, 6.45) is -4.51. The van der Waals surface area contributed by atoms with Crippen LogP contribution >= 0.6 is 0 Å². The maximum Gasteiger partial charge on any atom is 0.408 e. The zero-order valence-electron chi connectivity index (χ0n) is 13.8. The molecule has 2 rings (SSSR count). The Labute approximate surface area is 136 Å². The summed E-state index contributed by atoms with van der Waals surface area (Å²) in [6, 6.07) is -0.205. The van der Waals surface area contributed by atoms with Crippen molar-refractivity contribution >= 4 is 5.91 Å². The first kappa shape index (κ1) is 18.0. The van der Waals surface area contributed by atoms with Gasteiger partial charge in [0.1, 0.15) is 12.6 Å². The Kier molecular flexibility index (Phi) is 4.95. The van der Waals surface area contributed by atoms with Gasteiger partial charge in [0.05, 0.1) is 11.4 Å². The number of alkyl halides is 3. The minimum atomic E-state index is -4.51. The lowest BCUT2D eigenvalue weighted by molar-refractivity contribution is -0.171. The van der Waals surface area contributed by atoms with E-state index in [0.29, 0.717) is 17.1 Å². The molecule has 1 unspecified atom stereocenters. The second-order valence-corrected chi connectivity index (χ2v) is 5.42. The molecule has 0 saturated carbocycles. The number of carbonyl (C=O) groups is 1. The number of halogens is 3. The predicted octanol–water partition coefficient (Wildman–Crippen LogP) is 2.34. The molecule has 132 valence electrons. The van der Waals surface area contributed by atoms with Crippen molar-refractivity contribution in [1.29, 1.82) is 0 Å². The van der Waals surface area contributed by atoms with Crippen LogP contribution in [-0.2, 0) is 6.54 Å². The Morgan fingerprint density at radius 2 is 2.08 bits per heavy atom. The highest BCUT2D eigenvalue weighted by Crippen LogP contribution is 2.25. The standard InChI is InChI=1S/C14H18F3N5O2/c1-5-21(10(4)14(15,16)17)13(23)12-9(3)22(20-18-12)7-11-6-8(2)19-24-11/h6,10H,5,7H2,1-4H3. The quantitative estimate of drug-likeness (QED) is 0.831. The molecule has 0 bridgehead atoms. The van der Waals surface area contributed by atoms with Gasteiger partial charge in [-0.25, -0.2) is 4.68 Å². The molecule has 0 aromatic carbocycles. The number of hydrogen-bond donors (Lipinski definition) is 0. The van der Waals surface area contributed by atoms with Gasteiger partial charge in [0.15, 0.2) is 11.5 Å². The number of aromatic nitrogens is 4. The number of aryl methyl sites for hydroxylation is 1. The fourth-order valence-electron chi connectivity index (χ4n) is 2.25. The molecule has 24 heavy (non-hydrogen) atoms. The van der Waals surface area contributed by atoms with Crippen LogP contribution in [0.5, 0.6) is 0 Å². The van der Waals surface area contributed by atoms with Gasteiger partial charge in [-0.3, -0.25) is 4.79 Å². The maximum absolute atomic E-state index is 12.9. The summed E-state index contributed by atoms with van der Waals surface area (Å²) in [7, 11) is 0. The summed E-state index contributed by atoms with van der Waals surface area (Å²) in [5, 5.41) is 11.3. The Morgan fingerprint density at radius 1 is 1.42 bits per heavy atom. The van der Waals surface area contributed by atoms with Gasteiger partial charge in [-0.1, -0.05) is 10.4 Å². The predicted molar refractivity (Wildman–Crippen MR) is 77.3 cm³/mol. The molecule has 0 aliphatic rings. The average Bonchev–Trinajstić information content (AvgIpc) is 3.06. The summed E-state index contributed by atoms with van der Waals surface area (Å²) in [5.74, 6) is -0.296. The van der Waals surface area contributed by atoms with Crippen LogP contribution in [0.2, 0.25) is 0 Å². The minimum absolute atomic E-state index is 0.0902. The third kappa shape index (κ3) is 3.57. The largest absolute Gasteiger partial charge is 0.408 e. The van der Waals surface area contributed by atoms with Crippen molar-refractivity contribution in [1.82, 2.24) is 25.1 Å². The number of rotatable bonds is 5. The average molecular weight is 345 g/mol. The first-order valence-corrected chi connectivity index (χ1v) is 7.35. The van der Waals surface area contributed by atoms with Crippen molar-refractivity contribution in [2.24, 2.45) is 0 Å². The Balaban J connectivity index is 2.24. The highest BCUT2D eigenvalue weighted by molar-refractivity contribution is 5.93. The number of amides is 1. The normalized spacial score (nSPS) is 13.1. The molecule has 0 fully saturated rings. The fourth-order valence-corrected chi connectivity index (χ4v) is 2.25. The molecule has 1 amide bonds. The summed E-state index contributed by atoms with van der Waals surface area (Å²) < 4.78 is 45.2. The monoisotopic (exact) mass is 345 g/mol. The fraction of sp³-hybridized carbons (Fsp3) is 0.571. The Hall–Kier alpha value is -2.39. The van der Waals surface area contributed by atoms with Crippen molar-refractivity contribution in [3.8, 4) is 0 Å². The van der Waals surface area contributed by atoms with Crippen LogP contribution in [0.4, 0.5) is 13.2 Å². The van der Waals surface area contributed by atoms with Crippen LogP contribution in [0, 0.1) is 13.8 Å². The summed E-state index contributed by atoms with van der Waals surface area (Å²) in [6.45, 7) is 5.85. The van der Waals surface area contributed by atoms with Gasteiger partial charge in [-0.05, 0) is 27.7 Å². The maximum atomic E-state index is 12.9. The zero-order valence-corrected chi connectivity index (χ0v) is 13.8. The molecule has 7 nitrogen and oxygen atoms in total. The molecule has 2 heterocycles. The summed E-state index contributed by atoms with van der Waals surface area (Å²) in [4.78, 5) is 13.2. The number of nitrogens with zero attached hydrogens (tertiary/aromatic N) is 5. The van der Waals surface area contributed by atoms with E-state index in [1.165, 1.54) is 11.6 Å². The topological polar surface area (TPSA) is 77.1 Å². The van der Waals surface area contributed by atoms with Gasteiger partial charge >= 0.3 is 6.18 Å². The second-order valence-electron chi connectivity index (χ2n) is 5.42. The van der Waals surface area contributed by atoms with Crippen LogP contribution in [0.1, 0.15) is 41.5 Å². The molecule has 0 spiro atoms. The van der Waals surface area contributed by atoms with E-state index in [1.54, 1.807) is 19.9 Å². The third-order valence-electron chi connectivity index (χ3n) is 3.71. The molecule has 2 aromatic heterocycles. The number of carbonyl (C=O) groups excluding carboxylic acids is 1. The molecule has 0 N–H and O–H groups in total. The Bertz CT molecular complexity index is 722. The van der Waals surface area contributed by atoms with E-state index >= 15 is 0 Å². The van der Waals surface area contributed by atoms with Gasteiger partial charge in [0.2, 0.25) is 0 Å². The minimum Gasteiger partial charge on any atom is -0.359 e. The molecular formula is C14H18F3N5O2. The zero-order chi connectivity index (χ0) is 18.1. The van der Waals surface area contributed by atoms with Crippen molar-refractivity contribution in [2.45, 2.75) is 46.5 Å². The molecule has 0 aliphatic heterocycles. The SMILES string of the molecule is CCN(C(=O)c1nnn(Cc2cc(C)no2)c1C)C(C)C(F)(F)F. The van der Waals surface area contributed by atoms with Gasteiger partial charge in [0, 0.05) is 12.6 Å². The van der Waals surface area contributed by atoms with Crippen molar-refractivity contribution in [3.63, 3.8) is 0 Å². The van der Waals surface area contributed by atoms with Gasteiger partial charge < -0.3 is 9.42 Å². The lowest BCUT2D eigenvalue weighted by Gasteiger charge is -2.29. The number of hydrogen-bond acceptors (Lipinski definition) is 5. The van der Waals surface area contributed by atoms with E-state index in [2.05, 4.69) is 15.5 Å². The molecule has 0 aliphatic carbocycles. The second kappa shape index (κ2) is 6.62. The van der Waals surface area contributed by atoms with Crippen molar-refractivity contribution < 1.29 is 22.5 Å². The van der Waals surface area contributed by atoms with Crippen molar-refractivity contribution in [3.05, 3.63) is 28.9 Å². The van der Waals surface area contributed by atoms with Gasteiger partial charge in [0.25, 0.3) is 5.91 Å². The third-order valence-corrected chi connectivity index (χ3v) is 3.71. The Morgan fingerprint density at radius 3 is 2.58 bits per heavy atom. The van der Waals surface area contributed by atoms with Crippen LogP contribution in [0.3, 0.4) is 0 Å². The van der Waals surface area contributed by atoms with Gasteiger partial charge in [-0.2, -0.15) is 13.2 Å². The van der Waals surface area contributed by atoms with Gasteiger partial charge in [-0.15, -0.1) is 5.10 Å².